The van der Waals surface area contributed by atoms with E-state index in [0.717, 1.165) is 22.8 Å². The van der Waals surface area contributed by atoms with Crippen LogP contribution in [0, 0.1) is 0 Å². The highest BCUT2D eigenvalue weighted by Gasteiger charge is 2.10. The third-order valence-corrected chi connectivity index (χ3v) is 4.25. The van der Waals surface area contributed by atoms with Gasteiger partial charge in [-0.1, -0.05) is 13.0 Å². The van der Waals surface area contributed by atoms with Gasteiger partial charge >= 0.3 is 0 Å². The SMILES string of the molecule is CCc1ccc(C(=O)NCc2nnc3ccccn23)s1. The number of amides is 1. The summed E-state index contributed by atoms with van der Waals surface area (Å²) in [7, 11) is 0. The fraction of sp³-hybridized carbons (Fsp3) is 0.214. The van der Waals surface area contributed by atoms with Gasteiger partial charge in [-0.15, -0.1) is 21.5 Å². The summed E-state index contributed by atoms with van der Waals surface area (Å²) in [5.41, 5.74) is 0.779. The molecule has 3 aromatic rings. The van der Waals surface area contributed by atoms with Crippen molar-refractivity contribution in [2.75, 3.05) is 0 Å². The molecule has 0 unspecified atom stereocenters. The average molecular weight is 286 g/mol. The number of hydrogen-bond acceptors (Lipinski definition) is 4. The molecule has 0 aliphatic heterocycles. The molecule has 3 aromatic heterocycles. The first-order chi connectivity index (χ1) is 9.78. The summed E-state index contributed by atoms with van der Waals surface area (Å²) in [4.78, 5) is 14.0. The predicted octanol–water partition coefficient (Wildman–Crippen LogP) is 2.28. The maximum atomic E-state index is 12.0. The molecule has 3 heterocycles. The lowest BCUT2D eigenvalue weighted by Crippen LogP contribution is -2.23. The molecule has 0 aromatic carbocycles. The molecule has 0 spiro atoms. The van der Waals surface area contributed by atoms with Crippen LogP contribution in [0.4, 0.5) is 0 Å². The van der Waals surface area contributed by atoms with Gasteiger partial charge in [0.1, 0.15) is 0 Å². The van der Waals surface area contributed by atoms with Gasteiger partial charge in [0.25, 0.3) is 5.91 Å². The van der Waals surface area contributed by atoms with E-state index >= 15 is 0 Å². The van der Waals surface area contributed by atoms with Crippen LogP contribution in [0.1, 0.15) is 27.3 Å². The number of rotatable bonds is 4. The number of nitrogens with one attached hydrogen (secondary N) is 1. The summed E-state index contributed by atoms with van der Waals surface area (Å²) in [6.45, 7) is 2.44. The molecule has 0 atom stereocenters. The largest absolute Gasteiger partial charge is 0.344 e. The van der Waals surface area contributed by atoms with Crippen molar-refractivity contribution in [1.29, 1.82) is 0 Å². The molecule has 20 heavy (non-hydrogen) atoms. The third kappa shape index (κ3) is 2.42. The summed E-state index contributed by atoms with van der Waals surface area (Å²) in [6.07, 6.45) is 2.84. The van der Waals surface area contributed by atoms with Gasteiger partial charge in [-0.05, 0) is 30.7 Å². The molecule has 1 N–H and O–H groups in total. The fourth-order valence-electron chi connectivity index (χ4n) is 1.95. The van der Waals surface area contributed by atoms with Crippen molar-refractivity contribution in [2.45, 2.75) is 19.9 Å². The van der Waals surface area contributed by atoms with Crippen LogP contribution >= 0.6 is 11.3 Å². The number of carbonyl (C=O) groups is 1. The number of nitrogens with zero attached hydrogens (tertiary/aromatic N) is 3. The molecule has 0 radical (unpaired) electrons. The first-order valence-corrected chi connectivity index (χ1v) is 7.25. The Labute approximate surface area is 120 Å². The first kappa shape index (κ1) is 12.8. The normalized spacial score (nSPS) is 10.8. The highest BCUT2D eigenvalue weighted by Crippen LogP contribution is 2.16. The Kier molecular flexibility index (Phi) is 3.47. The lowest BCUT2D eigenvalue weighted by molar-refractivity contribution is 0.0954. The van der Waals surface area contributed by atoms with Crippen LogP contribution in [0.15, 0.2) is 36.5 Å². The monoisotopic (exact) mass is 286 g/mol. The zero-order valence-electron chi connectivity index (χ0n) is 11.0. The number of pyridine rings is 1. The van der Waals surface area contributed by atoms with Crippen LogP contribution in [0.5, 0.6) is 0 Å². The van der Waals surface area contributed by atoms with Crippen LogP contribution in [-0.2, 0) is 13.0 Å². The van der Waals surface area contributed by atoms with Gasteiger partial charge in [0.2, 0.25) is 0 Å². The van der Waals surface area contributed by atoms with Crippen LogP contribution in [0.25, 0.3) is 5.65 Å². The van der Waals surface area contributed by atoms with Crippen molar-refractivity contribution in [1.82, 2.24) is 19.9 Å². The Morgan fingerprint density at radius 2 is 2.20 bits per heavy atom. The van der Waals surface area contributed by atoms with Gasteiger partial charge in [0.05, 0.1) is 11.4 Å². The number of thiophene rings is 1. The second kappa shape index (κ2) is 5.42. The van der Waals surface area contributed by atoms with Crippen molar-refractivity contribution < 1.29 is 4.79 Å². The predicted molar refractivity (Wildman–Crippen MR) is 77.9 cm³/mol. The molecule has 0 aliphatic rings. The van der Waals surface area contributed by atoms with E-state index in [2.05, 4.69) is 22.4 Å². The van der Waals surface area contributed by atoms with Crippen LogP contribution in [-0.4, -0.2) is 20.5 Å². The standard InChI is InChI=1S/C14H14N4OS/c1-2-10-6-7-11(20-10)14(19)15-9-13-17-16-12-5-3-4-8-18(12)13/h3-8H,2,9H2,1H3,(H,15,19). The van der Waals surface area contributed by atoms with E-state index in [0.29, 0.717) is 6.54 Å². The highest BCUT2D eigenvalue weighted by molar-refractivity contribution is 7.14. The average Bonchev–Trinajstić information content (AvgIpc) is 3.11. The molecule has 6 heteroatoms. The number of fused-ring (bicyclic) bond motifs is 1. The first-order valence-electron chi connectivity index (χ1n) is 6.43. The molecule has 0 fully saturated rings. The Bertz CT molecular complexity index is 746. The van der Waals surface area contributed by atoms with E-state index in [-0.39, 0.29) is 5.91 Å². The van der Waals surface area contributed by atoms with Gasteiger partial charge in [0, 0.05) is 11.1 Å². The molecule has 1 amide bonds. The number of carbonyl (C=O) groups excluding carboxylic acids is 1. The molecule has 0 saturated carbocycles. The third-order valence-electron chi connectivity index (χ3n) is 3.03. The summed E-state index contributed by atoms with van der Waals surface area (Å²) in [6, 6.07) is 9.55. The van der Waals surface area contributed by atoms with E-state index in [1.54, 1.807) is 0 Å². The molecular formula is C14H14N4OS. The molecule has 3 rings (SSSR count). The summed E-state index contributed by atoms with van der Waals surface area (Å²) in [5.74, 6) is 0.656. The molecule has 0 saturated heterocycles. The van der Waals surface area contributed by atoms with Crippen LogP contribution in [0.3, 0.4) is 0 Å². The molecule has 0 bridgehead atoms. The lowest BCUT2D eigenvalue weighted by Gasteiger charge is -2.02. The quantitative estimate of drug-likeness (QED) is 0.800. The number of aryl methyl sites for hydroxylation is 1. The van der Waals surface area contributed by atoms with Crippen molar-refractivity contribution in [3.8, 4) is 0 Å². The minimum absolute atomic E-state index is 0.0672. The Balaban J connectivity index is 1.71. The molecule has 102 valence electrons. The second-order valence-electron chi connectivity index (χ2n) is 4.35. The van der Waals surface area contributed by atoms with Gasteiger partial charge in [-0.25, -0.2) is 0 Å². The van der Waals surface area contributed by atoms with E-state index in [4.69, 9.17) is 0 Å². The molecule has 5 nitrogen and oxygen atoms in total. The Morgan fingerprint density at radius 1 is 1.30 bits per heavy atom. The molecule has 0 aliphatic carbocycles. The minimum Gasteiger partial charge on any atom is -0.344 e. The smallest absolute Gasteiger partial charge is 0.261 e. The Hall–Kier alpha value is -2.21. The summed E-state index contributed by atoms with van der Waals surface area (Å²) in [5, 5.41) is 11.0. The van der Waals surface area contributed by atoms with E-state index in [1.807, 2.05) is 40.9 Å². The van der Waals surface area contributed by atoms with E-state index in [1.165, 1.54) is 16.2 Å². The highest BCUT2D eigenvalue weighted by atomic mass is 32.1. The van der Waals surface area contributed by atoms with Crippen molar-refractivity contribution >= 4 is 22.9 Å². The summed E-state index contributed by atoms with van der Waals surface area (Å²) >= 11 is 1.53. The Morgan fingerprint density at radius 3 is 3.00 bits per heavy atom. The lowest BCUT2D eigenvalue weighted by atomic mass is 10.3. The fourth-order valence-corrected chi connectivity index (χ4v) is 2.81. The van der Waals surface area contributed by atoms with Gasteiger partial charge in [0.15, 0.2) is 11.5 Å². The van der Waals surface area contributed by atoms with Crippen molar-refractivity contribution in [3.05, 3.63) is 52.1 Å². The minimum atomic E-state index is -0.0672. The zero-order valence-corrected chi connectivity index (χ0v) is 11.9. The van der Waals surface area contributed by atoms with Crippen LogP contribution < -0.4 is 5.32 Å². The van der Waals surface area contributed by atoms with Crippen molar-refractivity contribution in [3.63, 3.8) is 0 Å². The van der Waals surface area contributed by atoms with Gasteiger partial charge in [-0.3, -0.25) is 9.20 Å². The van der Waals surface area contributed by atoms with Crippen molar-refractivity contribution in [2.24, 2.45) is 0 Å². The van der Waals surface area contributed by atoms with Crippen LogP contribution in [0.2, 0.25) is 0 Å². The van der Waals surface area contributed by atoms with E-state index in [9.17, 15) is 4.79 Å². The maximum absolute atomic E-state index is 12.0. The summed E-state index contributed by atoms with van der Waals surface area (Å²) < 4.78 is 1.87. The topological polar surface area (TPSA) is 59.3 Å². The zero-order chi connectivity index (χ0) is 13.9. The number of hydrogen-bond donors (Lipinski definition) is 1. The second-order valence-corrected chi connectivity index (χ2v) is 5.52. The van der Waals surface area contributed by atoms with Gasteiger partial charge in [-0.2, -0.15) is 0 Å². The van der Waals surface area contributed by atoms with Gasteiger partial charge < -0.3 is 5.32 Å². The van der Waals surface area contributed by atoms with E-state index < -0.39 is 0 Å². The maximum Gasteiger partial charge on any atom is 0.261 e. The molecular weight excluding hydrogens is 272 g/mol. The number of aromatic nitrogens is 3.